The van der Waals surface area contributed by atoms with Crippen LogP contribution in [0.3, 0.4) is 0 Å². The second-order valence-electron chi connectivity index (χ2n) is 2.87. The van der Waals surface area contributed by atoms with E-state index in [1.54, 1.807) is 0 Å². The van der Waals surface area contributed by atoms with Crippen molar-refractivity contribution in [2.45, 2.75) is 12.4 Å². The third kappa shape index (κ3) is 2.76. The molecule has 0 unspecified atom stereocenters. The van der Waals surface area contributed by atoms with Crippen LogP contribution in [0.4, 0.5) is 18.9 Å². The van der Waals surface area contributed by atoms with E-state index in [9.17, 15) is 21.6 Å². The number of pyridine rings is 1. The Morgan fingerprint density at radius 2 is 2.00 bits per heavy atom. The van der Waals surface area contributed by atoms with Crippen molar-refractivity contribution >= 4 is 27.3 Å². The summed E-state index contributed by atoms with van der Waals surface area (Å²) in [5.41, 5.74) is -5.38. The molecule has 0 saturated carbocycles. The lowest BCUT2D eigenvalue weighted by Crippen LogP contribution is -2.30. The number of hydrogen-bond donors (Lipinski definition) is 1. The fourth-order valence-corrected chi connectivity index (χ4v) is 1.66. The average Bonchev–Trinajstić information content (AvgIpc) is 2.08. The van der Waals surface area contributed by atoms with Gasteiger partial charge in [-0.15, -0.1) is 0 Å². The number of alkyl halides is 3. The summed E-state index contributed by atoms with van der Waals surface area (Å²) in [6.07, 6.45) is 0.918. The Bertz CT molecular complexity index is 501. The molecule has 0 aliphatic heterocycles. The maximum atomic E-state index is 12.0. The molecule has 9 heteroatoms. The third-order valence-electron chi connectivity index (χ3n) is 1.63. The predicted molar refractivity (Wildman–Crippen MR) is 52.6 cm³/mol. The van der Waals surface area contributed by atoms with E-state index >= 15 is 0 Å². The van der Waals surface area contributed by atoms with Crippen molar-refractivity contribution in [3.63, 3.8) is 0 Å². The van der Waals surface area contributed by atoms with E-state index in [-0.39, 0.29) is 16.4 Å². The summed E-state index contributed by atoms with van der Waals surface area (Å²) in [6, 6.07) is 1.25. The molecular weight excluding hydrogens is 269 g/mol. The van der Waals surface area contributed by atoms with Crippen molar-refractivity contribution in [2.24, 2.45) is 0 Å². The molecule has 1 heterocycles. The average molecular weight is 275 g/mol. The lowest BCUT2D eigenvalue weighted by Gasteiger charge is -2.11. The summed E-state index contributed by atoms with van der Waals surface area (Å²) >= 11 is 5.47. The van der Waals surface area contributed by atoms with E-state index in [4.69, 9.17) is 11.6 Å². The zero-order chi connectivity index (χ0) is 12.6. The van der Waals surface area contributed by atoms with Crippen molar-refractivity contribution in [3.8, 4) is 0 Å². The lowest BCUT2D eigenvalue weighted by atomic mass is 10.3. The van der Waals surface area contributed by atoms with Crippen LogP contribution in [0.2, 0.25) is 5.15 Å². The summed E-state index contributed by atoms with van der Waals surface area (Å²) in [6.45, 7) is 1.40. The van der Waals surface area contributed by atoms with Gasteiger partial charge in [0, 0.05) is 0 Å². The highest BCUT2D eigenvalue weighted by Gasteiger charge is 2.46. The molecule has 90 valence electrons. The first-order valence-electron chi connectivity index (χ1n) is 3.85. The molecule has 4 nitrogen and oxygen atoms in total. The Morgan fingerprint density at radius 3 is 2.44 bits per heavy atom. The summed E-state index contributed by atoms with van der Waals surface area (Å²) in [4.78, 5) is 3.48. The van der Waals surface area contributed by atoms with Crippen LogP contribution in [0.25, 0.3) is 0 Å². The fraction of sp³-hybridized carbons (Fsp3) is 0.286. The number of rotatable bonds is 2. The Balaban J connectivity index is 3.07. The molecule has 0 fully saturated rings. The zero-order valence-corrected chi connectivity index (χ0v) is 9.41. The second kappa shape index (κ2) is 4.10. The van der Waals surface area contributed by atoms with E-state index in [2.05, 4.69) is 4.98 Å². The quantitative estimate of drug-likeness (QED) is 0.842. The predicted octanol–water partition coefficient (Wildman–Crippen LogP) is 2.30. The van der Waals surface area contributed by atoms with E-state index in [1.165, 1.54) is 17.7 Å². The highest BCUT2D eigenvalue weighted by molar-refractivity contribution is 7.93. The van der Waals surface area contributed by atoms with Crippen molar-refractivity contribution in [3.05, 3.63) is 23.0 Å². The standard InChI is InChI=1S/C7H6ClF3N2O2S/c1-4-2-6(8)12-3-5(4)13-16(14,15)7(9,10)11/h2-3,13H,1H3. The molecule has 0 saturated heterocycles. The van der Waals surface area contributed by atoms with Crippen LogP contribution in [-0.2, 0) is 10.0 Å². The third-order valence-corrected chi connectivity index (χ3v) is 2.93. The van der Waals surface area contributed by atoms with E-state index in [0.717, 1.165) is 6.20 Å². The number of anilines is 1. The van der Waals surface area contributed by atoms with Crippen LogP contribution in [0.1, 0.15) is 5.56 Å². The number of sulfonamides is 1. The van der Waals surface area contributed by atoms with Crippen LogP contribution in [0.5, 0.6) is 0 Å². The zero-order valence-electron chi connectivity index (χ0n) is 7.84. The smallest absolute Gasteiger partial charge is 0.274 e. The Morgan fingerprint density at radius 1 is 1.44 bits per heavy atom. The van der Waals surface area contributed by atoms with Crippen LogP contribution in [0, 0.1) is 6.92 Å². The van der Waals surface area contributed by atoms with Crippen LogP contribution in [0.15, 0.2) is 12.3 Å². The van der Waals surface area contributed by atoms with Gasteiger partial charge in [-0.2, -0.15) is 21.6 Å². The molecule has 1 aromatic rings. The van der Waals surface area contributed by atoms with Gasteiger partial charge < -0.3 is 0 Å². The summed E-state index contributed by atoms with van der Waals surface area (Å²) in [5, 5.41) is 0.0625. The molecule has 0 bridgehead atoms. The normalized spacial score (nSPS) is 12.6. The number of aromatic nitrogens is 1. The highest BCUT2D eigenvalue weighted by atomic mass is 35.5. The summed E-state index contributed by atoms with van der Waals surface area (Å²) in [7, 11) is -5.42. The summed E-state index contributed by atoms with van der Waals surface area (Å²) in [5.74, 6) is 0. The Labute approximate surface area is 94.5 Å². The van der Waals surface area contributed by atoms with Crippen molar-refractivity contribution < 1.29 is 21.6 Å². The maximum absolute atomic E-state index is 12.0. The van der Waals surface area contributed by atoms with Crippen molar-refractivity contribution in [1.29, 1.82) is 0 Å². The molecule has 16 heavy (non-hydrogen) atoms. The van der Waals surface area contributed by atoms with Crippen molar-refractivity contribution in [1.82, 2.24) is 4.98 Å². The van der Waals surface area contributed by atoms with Crippen LogP contribution in [-0.4, -0.2) is 18.9 Å². The van der Waals surface area contributed by atoms with Gasteiger partial charge in [0.25, 0.3) is 0 Å². The van der Waals surface area contributed by atoms with Gasteiger partial charge in [-0.25, -0.2) is 4.98 Å². The molecule has 1 rings (SSSR count). The number of nitrogens with one attached hydrogen (secondary N) is 1. The number of nitrogens with zero attached hydrogens (tertiary/aromatic N) is 1. The number of hydrogen-bond acceptors (Lipinski definition) is 3. The molecule has 0 amide bonds. The van der Waals surface area contributed by atoms with E-state index < -0.39 is 15.5 Å². The largest absolute Gasteiger partial charge is 0.516 e. The van der Waals surface area contributed by atoms with Gasteiger partial charge in [0.05, 0.1) is 11.9 Å². The monoisotopic (exact) mass is 274 g/mol. The molecular formula is C7H6ClF3N2O2S. The van der Waals surface area contributed by atoms with Crippen LogP contribution >= 0.6 is 11.6 Å². The van der Waals surface area contributed by atoms with Gasteiger partial charge in [0.1, 0.15) is 5.15 Å². The van der Waals surface area contributed by atoms with E-state index in [1.807, 2.05) is 0 Å². The first kappa shape index (κ1) is 13.0. The van der Waals surface area contributed by atoms with Gasteiger partial charge >= 0.3 is 15.5 Å². The number of aryl methyl sites for hydroxylation is 1. The van der Waals surface area contributed by atoms with Gasteiger partial charge in [-0.1, -0.05) is 11.6 Å². The first-order chi connectivity index (χ1) is 7.13. The molecule has 1 N–H and O–H groups in total. The lowest BCUT2D eigenvalue weighted by molar-refractivity contribution is -0.0429. The SMILES string of the molecule is Cc1cc(Cl)ncc1NS(=O)(=O)C(F)(F)F. The van der Waals surface area contributed by atoms with Crippen LogP contribution < -0.4 is 4.72 Å². The minimum atomic E-state index is -5.42. The maximum Gasteiger partial charge on any atom is 0.516 e. The summed E-state index contributed by atoms with van der Waals surface area (Å²) < 4.78 is 59.0. The van der Waals surface area contributed by atoms with Gasteiger partial charge in [-0.05, 0) is 18.6 Å². The molecule has 1 aromatic heterocycles. The molecule has 0 spiro atoms. The van der Waals surface area contributed by atoms with Gasteiger partial charge in [-0.3, -0.25) is 4.72 Å². The first-order valence-corrected chi connectivity index (χ1v) is 5.71. The molecule has 0 atom stereocenters. The Kier molecular flexibility index (Phi) is 3.34. The van der Waals surface area contributed by atoms with Crippen molar-refractivity contribution in [2.75, 3.05) is 4.72 Å². The molecule has 0 aliphatic carbocycles. The highest BCUT2D eigenvalue weighted by Crippen LogP contribution is 2.26. The Hall–Kier alpha value is -1.02. The number of halogens is 4. The molecule has 0 aliphatic rings. The topological polar surface area (TPSA) is 59.1 Å². The molecule has 0 aromatic carbocycles. The van der Waals surface area contributed by atoms with Gasteiger partial charge in [0.15, 0.2) is 0 Å². The minimum Gasteiger partial charge on any atom is -0.274 e. The molecule has 0 radical (unpaired) electrons. The fourth-order valence-electron chi connectivity index (χ4n) is 0.831. The van der Waals surface area contributed by atoms with E-state index in [0.29, 0.717) is 0 Å². The van der Waals surface area contributed by atoms with Gasteiger partial charge in [0.2, 0.25) is 0 Å². The second-order valence-corrected chi connectivity index (χ2v) is 4.93. The minimum absolute atomic E-state index is 0.0625.